The number of anilines is 1. The average molecular weight is 279 g/mol. The summed E-state index contributed by atoms with van der Waals surface area (Å²) in [5.74, 6) is -0.232. The molecule has 3 heteroatoms. The van der Waals surface area contributed by atoms with Crippen LogP contribution in [0.25, 0.3) is 5.57 Å². The first-order chi connectivity index (χ1) is 10.3. The molecule has 0 fully saturated rings. The van der Waals surface area contributed by atoms with Crippen LogP contribution in [0.4, 0.5) is 5.69 Å². The predicted molar refractivity (Wildman–Crippen MR) is 83.8 cm³/mol. The minimum absolute atomic E-state index is 0.201. The lowest BCUT2D eigenvalue weighted by Gasteiger charge is -2.10. The molecule has 0 aromatic heterocycles. The van der Waals surface area contributed by atoms with Crippen LogP contribution >= 0.6 is 0 Å². The van der Waals surface area contributed by atoms with Crippen molar-refractivity contribution in [1.29, 1.82) is 0 Å². The van der Waals surface area contributed by atoms with Crippen molar-refractivity contribution in [3.63, 3.8) is 0 Å². The summed E-state index contributed by atoms with van der Waals surface area (Å²) in [6.07, 6.45) is -0.201. The van der Waals surface area contributed by atoms with E-state index < -0.39 is 0 Å². The lowest BCUT2D eigenvalue weighted by Crippen LogP contribution is -2.11. The van der Waals surface area contributed by atoms with Gasteiger partial charge in [0, 0.05) is 17.8 Å². The Bertz CT molecular complexity index is 662. The number of cyclic esters (lactones) is 1. The Balaban J connectivity index is 1.88. The van der Waals surface area contributed by atoms with Gasteiger partial charge >= 0.3 is 5.97 Å². The van der Waals surface area contributed by atoms with Crippen molar-refractivity contribution in [2.24, 2.45) is 0 Å². The zero-order valence-corrected chi connectivity index (χ0v) is 11.9. The molecular formula is C18H17NO2. The number of benzene rings is 2. The molecule has 1 aliphatic rings. The molecule has 1 N–H and O–H groups in total. The Kier molecular flexibility index (Phi) is 3.73. The molecule has 0 amide bonds. The van der Waals surface area contributed by atoms with E-state index in [9.17, 15) is 4.79 Å². The fraction of sp³-hybridized carbons (Fsp3) is 0.167. The topological polar surface area (TPSA) is 38.3 Å². The third-order valence-electron chi connectivity index (χ3n) is 3.59. The van der Waals surface area contributed by atoms with Gasteiger partial charge in [-0.2, -0.15) is 0 Å². The maximum Gasteiger partial charge on any atom is 0.336 e. The summed E-state index contributed by atoms with van der Waals surface area (Å²) in [7, 11) is 0. The van der Waals surface area contributed by atoms with E-state index in [0.29, 0.717) is 12.1 Å². The van der Waals surface area contributed by atoms with Crippen molar-refractivity contribution in [2.45, 2.75) is 13.0 Å². The highest BCUT2D eigenvalue weighted by atomic mass is 16.5. The zero-order chi connectivity index (χ0) is 14.7. The third-order valence-corrected chi connectivity index (χ3v) is 3.59. The summed E-state index contributed by atoms with van der Waals surface area (Å²) < 4.78 is 5.38. The van der Waals surface area contributed by atoms with E-state index in [-0.39, 0.29) is 12.1 Å². The van der Waals surface area contributed by atoms with Crippen LogP contribution in [0.2, 0.25) is 0 Å². The van der Waals surface area contributed by atoms with Crippen LogP contribution in [0.3, 0.4) is 0 Å². The Morgan fingerprint density at radius 3 is 2.29 bits per heavy atom. The largest absolute Gasteiger partial charge is 0.454 e. The maximum absolute atomic E-state index is 12.1. The van der Waals surface area contributed by atoms with Crippen molar-refractivity contribution >= 4 is 17.2 Å². The van der Waals surface area contributed by atoms with Gasteiger partial charge in [0.25, 0.3) is 0 Å². The molecule has 2 aromatic rings. The second-order valence-electron chi connectivity index (χ2n) is 5.03. The maximum atomic E-state index is 12.1. The van der Waals surface area contributed by atoms with E-state index in [1.165, 1.54) is 0 Å². The first kappa shape index (κ1) is 13.4. The number of ether oxygens (including phenoxy) is 1. The summed E-state index contributed by atoms with van der Waals surface area (Å²) in [5.41, 5.74) is 3.71. The zero-order valence-electron chi connectivity index (χ0n) is 11.9. The molecule has 106 valence electrons. The van der Waals surface area contributed by atoms with Crippen LogP contribution < -0.4 is 5.32 Å². The average Bonchev–Trinajstić information content (AvgIpc) is 2.81. The first-order valence-electron chi connectivity index (χ1n) is 7.04. The fourth-order valence-corrected chi connectivity index (χ4v) is 2.59. The van der Waals surface area contributed by atoms with E-state index in [1.807, 2.05) is 67.6 Å². The van der Waals surface area contributed by atoms with E-state index in [2.05, 4.69) is 5.32 Å². The van der Waals surface area contributed by atoms with Gasteiger partial charge in [0.05, 0.1) is 5.57 Å². The minimum atomic E-state index is -0.232. The SMILES string of the molecule is CC1OC(=O)C(CNc2ccccc2)=C1c1ccccc1. The quantitative estimate of drug-likeness (QED) is 0.871. The van der Waals surface area contributed by atoms with Gasteiger partial charge < -0.3 is 10.1 Å². The summed E-state index contributed by atoms with van der Waals surface area (Å²) in [6, 6.07) is 19.8. The third kappa shape index (κ3) is 2.82. The van der Waals surface area contributed by atoms with Crippen molar-refractivity contribution in [1.82, 2.24) is 0 Å². The second kappa shape index (κ2) is 5.83. The number of carbonyl (C=O) groups is 1. The first-order valence-corrected chi connectivity index (χ1v) is 7.04. The molecular weight excluding hydrogens is 262 g/mol. The molecule has 1 heterocycles. The highest BCUT2D eigenvalue weighted by molar-refractivity contribution is 6.03. The van der Waals surface area contributed by atoms with Gasteiger partial charge in [0.1, 0.15) is 6.10 Å². The molecule has 21 heavy (non-hydrogen) atoms. The van der Waals surface area contributed by atoms with Crippen LogP contribution in [0, 0.1) is 0 Å². The van der Waals surface area contributed by atoms with Gasteiger partial charge in [-0.15, -0.1) is 0 Å². The predicted octanol–water partition coefficient (Wildman–Crippen LogP) is 3.50. The standard InChI is InChI=1S/C18H17NO2/c1-13-17(14-8-4-2-5-9-14)16(18(20)21-13)12-19-15-10-6-3-7-11-15/h2-11,13,19H,12H2,1H3. The number of para-hydroxylation sites is 1. The molecule has 3 nitrogen and oxygen atoms in total. The Labute approximate surface area is 124 Å². The number of rotatable bonds is 4. The van der Waals surface area contributed by atoms with Crippen molar-refractivity contribution in [3.8, 4) is 0 Å². The number of carbonyl (C=O) groups excluding carboxylic acids is 1. The van der Waals surface area contributed by atoms with Gasteiger partial charge in [-0.1, -0.05) is 48.5 Å². The van der Waals surface area contributed by atoms with E-state index in [4.69, 9.17) is 4.74 Å². The fourth-order valence-electron chi connectivity index (χ4n) is 2.59. The van der Waals surface area contributed by atoms with Gasteiger partial charge in [-0.3, -0.25) is 0 Å². The molecule has 0 saturated heterocycles. The highest BCUT2D eigenvalue weighted by Crippen LogP contribution is 2.31. The summed E-state index contributed by atoms with van der Waals surface area (Å²) in [5, 5.41) is 3.28. The monoisotopic (exact) mass is 279 g/mol. The summed E-state index contributed by atoms with van der Waals surface area (Å²) in [6.45, 7) is 2.38. The lowest BCUT2D eigenvalue weighted by molar-refractivity contribution is -0.138. The normalized spacial score (nSPS) is 17.8. The number of nitrogens with one attached hydrogen (secondary N) is 1. The molecule has 0 bridgehead atoms. The molecule has 0 radical (unpaired) electrons. The Morgan fingerprint density at radius 1 is 1.00 bits per heavy atom. The van der Waals surface area contributed by atoms with Gasteiger partial charge in [0.2, 0.25) is 0 Å². The molecule has 1 aliphatic heterocycles. The van der Waals surface area contributed by atoms with Crippen molar-refractivity contribution in [3.05, 3.63) is 71.8 Å². The number of esters is 1. The Morgan fingerprint density at radius 2 is 1.62 bits per heavy atom. The van der Waals surface area contributed by atoms with Crippen LogP contribution in [-0.4, -0.2) is 18.6 Å². The molecule has 2 aromatic carbocycles. The molecule has 0 spiro atoms. The van der Waals surface area contributed by atoms with E-state index >= 15 is 0 Å². The molecule has 1 unspecified atom stereocenters. The van der Waals surface area contributed by atoms with Crippen LogP contribution in [0.5, 0.6) is 0 Å². The van der Waals surface area contributed by atoms with Crippen molar-refractivity contribution < 1.29 is 9.53 Å². The molecule has 0 saturated carbocycles. The lowest BCUT2D eigenvalue weighted by atomic mass is 9.97. The Hall–Kier alpha value is -2.55. The summed E-state index contributed by atoms with van der Waals surface area (Å²) in [4.78, 5) is 12.1. The summed E-state index contributed by atoms with van der Waals surface area (Å²) >= 11 is 0. The number of hydrogen-bond acceptors (Lipinski definition) is 3. The highest BCUT2D eigenvalue weighted by Gasteiger charge is 2.31. The van der Waals surface area contributed by atoms with Crippen LogP contribution in [0.15, 0.2) is 66.2 Å². The van der Waals surface area contributed by atoms with Crippen LogP contribution in [0.1, 0.15) is 12.5 Å². The minimum Gasteiger partial charge on any atom is -0.454 e. The smallest absolute Gasteiger partial charge is 0.336 e. The van der Waals surface area contributed by atoms with E-state index in [0.717, 1.165) is 16.8 Å². The van der Waals surface area contributed by atoms with Crippen molar-refractivity contribution in [2.75, 3.05) is 11.9 Å². The van der Waals surface area contributed by atoms with Gasteiger partial charge in [0.15, 0.2) is 0 Å². The number of hydrogen-bond donors (Lipinski definition) is 1. The molecule has 1 atom stereocenters. The molecule has 3 rings (SSSR count). The van der Waals surface area contributed by atoms with Gasteiger partial charge in [-0.05, 0) is 24.6 Å². The molecule has 0 aliphatic carbocycles. The van der Waals surface area contributed by atoms with Crippen LogP contribution in [-0.2, 0) is 9.53 Å². The second-order valence-corrected chi connectivity index (χ2v) is 5.03. The van der Waals surface area contributed by atoms with Gasteiger partial charge in [-0.25, -0.2) is 4.79 Å². The van der Waals surface area contributed by atoms with E-state index in [1.54, 1.807) is 0 Å².